The summed E-state index contributed by atoms with van der Waals surface area (Å²) in [5.74, 6) is -0.244. The maximum Gasteiger partial charge on any atom is 0.305 e. The maximum atomic E-state index is 10.5. The summed E-state index contributed by atoms with van der Waals surface area (Å²) in [5.41, 5.74) is 7.21. The second-order valence-electron chi connectivity index (χ2n) is 3.63. The molecule has 0 aliphatic carbocycles. The molecule has 0 aliphatic rings. The molecule has 6 nitrogen and oxygen atoms in total. The number of fused-ring (bicyclic) bond motifs is 1. The number of aliphatic carboxylic acids is 1. The Morgan fingerprint density at radius 3 is 3.06 bits per heavy atom. The quantitative estimate of drug-likeness (QED) is 0.786. The molecule has 0 aromatic carbocycles. The van der Waals surface area contributed by atoms with Gasteiger partial charge in [-0.3, -0.25) is 4.79 Å². The molecular weight excluding hydrogens is 208 g/mol. The molecule has 2 aromatic rings. The third-order valence-electron chi connectivity index (χ3n) is 2.28. The summed E-state index contributed by atoms with van der Waals surface area (Å²) < 4.78 is 1.60. The monoisotopic (exact) mass is 220 g/mol. The number of carbonyl (C=O) groups is 1. The van der Waals surface area contributed by atoms with Gasteiger partial charge in [-0.1, -0.05) is 6.07 Å². The zero-order valence-corrected chi connectivity index (χ0v) is 8.79. The van der Waals surface area contributed by atoms with E-state index in [0.29, 0.717) is 5.82 Å². The van der Waals surface area contributed by atoms with Crippen LogP contribution in [0.25, 0.3) is 5.65 Å². The molecule has 16 heavy (non-hydrogen) atoms. The SMILES string of the molecule is Cc1nc2ccc(C(N)CC(=O)O)cn2n1. The summed E-state index contributed by atoms with van der Waals surface area (Å²) in [6.07, 6.45) is 1.61. The first-order chi connectivity index (χ1) is 7.56. The van der Waals surface area contributed by atoms with Crippen LogP contribution in [-0.4, -0.2) is 25.7 Å². The van der Waals surface area contributed by atoms with Gasteiger partial charge in [0.25, 0.3) is 0 Å². The first-order valence-electron chi connectivity index (χ1n) is 4.86. The molecule has 2 aromatic heterocycles. The summed E-state index contributed by atoms with van der Waals surface area (Å²) in [4.78, 5) is 14.7. The third-order valence-corrected chi connectivity index (χ3v) is 2.28. The van der Waals surface area contributed by atoms with Gasteiger partial charge in [0.05, 0.1) is 6.42 Å². The largest absolute Gasteiger partial charge is 0.481 e. The molecule has 0 bridgehead atoms. The van der Waals surface area contributed by atoms with Crippen LogP contribution < -0.4 is 5.73 Å². The highest BCUT2D eigenvalue weighted by Gasteiger charge is 2.11. The van der Waals surface area contributed by atoms with Gasteiger partial charge in [0.15, 0.2) is 5.65 Å². The molecule has 0 radical (unpaired) electrons. The van der Waals surface area contributed by atoms with Gasteiger partial charge in [-0.15, -0.1) is 0 Å². The van der Waals surface area contributed by atoms with Crippen LogP contribution in [-0.2, 0) is 4.79 Å². The van der Waals surface area contributed by atoms with Gasteiger partial charge in [-0.2, -0.15) is 5.10 Å². The number of carboxylic acids is 1. The normalized spacial score (nSPS) is 12.9. The van der Waals surface area contributed by atoms with Crippen molar-refractivity contribution < 1.29 is 9.90 Å². The van der Waals surface area contributed by atoms with Crippen molar-refractivity contribution in [3.8, 4) is 0 Å². The number of aromatic nitrogens is 3. The number of nitrogens with two attached hydrogens (primary N) is 1. The first-order valence-corrected chi connectivity index (χ1v) is 4.86. The van der Waals surface area contributed by atoms with Gasteiger partial charge in [-0.25, -0.2) is 9.50 Å². The molecule has 6 heteroatoms. The Balaban J connectivity index is 2.34. The molecule has 2 rings (SSSR count). The number of pyridine rings is 1. The van der Waals surface area contributed by atoms with Gasteiger partial charge >= 0.3 is 5.97 Å². The Morgan fingerprint density at radius 2 is 2.38 bits per heavy atom. The van der Waals surface area contributed by atoms with E-state index in [9.17, 15) is 4.79 Å². The van der Waals surface area contributed by atoms with Crippen LogP contribution in [0.2, 0.25) is 0 Å². The molecule has 0 aliphatic heterocycles. The van der Waals surface area contributed by atoms with Crippen molar-refractivity contribution in [2.45, 2.75) is 19.4 Å². The van der Waals surface area contributed by atoms with Crippen molar-refractivity contribution in [2.75, 3.05) is 0 Å². The van der Waals surface area contributed by atoms with Crippen LogP contribution in [0.15, 0.2) is 18.3 Å². The van der Waals surface area contributed by atoms with E-state index in [4.69, 9.17) is 10.8 Å². The molecule has 0 spiro atoms. The van der Waals surface area contributed by atoms with Gasteiger partial charge in [-0.05, 0) is 18.6 Å². The minimum absolute atomic E-state index is 0.0980. The minimum Gasteiger partial charge on any atom is -0.481 e. The fourth-order valence-electron chi connectivity index (χ4n) is 1.54. The van der Waals surface area contributed by atoms with E-state index >= 15 is 0 Å². The third kappa shape index (κ3) is 2.01. The lowest BCUT2D eigenvalue weighted by atomic mass is 10.1. The highest BCUT2D eigenvalue weighted by molar-refractivity contribution is 5.67. The van der Waals surface area contributed by atoms with Crippen LogP contribution in [0.3, 0.4) is 0 Å². The van der Waals surface area contributed by atoms with Crippen molar-refractivity contribution in [3.63, 3.8) is 0 Å². The van der Waals surface area contributed by atoms with Crippen LogP contribution in [0.1, 0.15) is 23.9 Å². The van der Waals surface area contributed by atoms with E-state index in [1.54, 1.807) is 29.8 Å². The highest BCUT2D eigenvalue weighted by atomic mass is 16.4. The van der Waals surface area contributed by atoms with Crippen LogP contribution >= 0.6 is 0 Å². The standard InChI is InChI=1S/C10H12N4O2/c1-6-12-9-3-2-7(5-14(9)13-6)8(11)4-10(15)16/h2-3,5,8H,4,11H2,1H3,(H,15,16). The number of rotatable bonds is 3. The van der Waals surface area contributed by atoms with Crippen molar-refractivity contribution >= 4 is 11.6 Å². The lowest BCUT2D eigenvalue weighted by molar-refractivity contribution is -0.137. The van der Waals surface area contributed by atoms with Crippen molar-refractivity contribution in [3.05, 3.63) is 29.7 Å². The number of aryl methyl sites for hydroxylation is 1. The lowest BCUT2D eigenvalue weighted by Gasteiger charge is -2.08. The van der Waals surface area contributed by atoms with Crippen molar-refractivity contribution in [1.82, 2.24) is 14.6 Å². The molecule has 0 saturated carbocycles. The number of hydrogen-bond donors (Lipinski definition) is 2. The predicted octanol–water partition coefficient (Wildman–Crippen LogP) is 0.512. The van der Waals surface area contributed by atoms with Crippen molar-refractivity contribution in [1.29, 1.82) is 0 Å². The number of nitrogens with zero attached hydrogens (tertiary/aromatic N) is 3. The number of carboxylic acid groups (broad SMARTS) is 1. The molecule has 1 unspecified atom stereocenters. The summed E-state index contributed by atoms with van der Waals surface area (Å²) in [7, 11) is 0. The Labute approximate surface area is 91.7 Å². The van der Waals surface area contributed by atoms with E-state index in [1.807, 2.05) is 0 Å². The average Bonchev–Trinajstić information content (AvgIpc) is 2.55. The number of hydrogen-bond acceptors (Lipinski definition) is 4. The molecule has 1 atom stereocenters. The zero-order chi connectivity index (χ0) is 11.7. The molecule has 0 fully saturated rings. The van der Waals surface area contributed by atoms with E-state index in [-0.39, 0.29) is 6.42 Å². The van der Waals surface area contributed by atoms with Crippen LogP contribution in [0.5, 0.6) is 0 Å². The van der Waals surface area contributed by atoms with Crippen LogP contribution in [0, 0.1) is 6.92 Å². The fraction of sp³-hybridized carbons (Fsp3) is 0.300. The summed E-state index contributed by atoms with van der Waals surface area (Å²) in [5, 5.41) is 12.8. The van der Waals surface area contributed by atoms with Gasteiger partial charge in [0.2, 0.25) is 0 Å². The Hall–Kier alpha value is -1.95. The minimum atomic E-state index is -0.914. The molecule has 2 heterocycles. The molecule has 84 valence electrons. The van der Waals surface area contributed by atoms with Gasteiger partial charge in [0.1, 0.15) is 5.82 Å². The van der Waals surface area contributed by atoms with Crippen LogP contribution in [0.4, 0.5) is 0 Å². The maximum absolute atomic E-state index is 10.5. The van der Waals surface area contributed by atoms with Gasteiger partial charge in [0, 0.05) is 12.2 Å². The van der Waals surface area contributed by atoms with Gasteiger partial charge < -0.3 is 10.8 Å². The molecule has 3 N–H and O–H groups in total. The Kier molecular flexibility index (Phi) is 2.57. The Morgan fingerprint density at radius 1 is 1.62 bits per heavy atom. The second kappa shape index (κ2) is 3.90. The van der Waals surface area contributed by atoms with E-state index in [0.717, 1.165) is 11.2 Å². The summed E-state index contributed by atoms with van der Waals surface area (Å²) in [6.45, 7) is 1.80. The highest BCUT2D eigenvalue weighted by Crippen LogP contribution is 2.14. The average molecular weight is 220 g/mol. The fourth-order valence-corrected chi connectivity index (χ4v) is 1.54. The van der Waals surface area contributed by atoms with E-state index in [1.165, 1.54) is 0 Å². The molecule has 0 saturated heterocycles. The second-order valence-corrected chi connectivity index (χ2v) is 3.63. The first kappa shape index (κ1) is 10.6. The Bertz CT molecular complexity index is 535. The molecular formula is C10H12N4O2. The van der Waals surface area contributed by atoms with Crippen molar-refractivity contribution in [2.24, 2.45) is 5.73 Å². The smallest absolute Gasteiger partial charge is 0.305 e. The van der Waals surface area contributed by atoms with E-state index < -0.39 is 12.0 Å². The topological polar surface area (TPSA) is 93.5 Å². The lowest BCUT2D eigenvalue weighted by Crippen LogP contribution is -2.15. The summed E-state index contributed by atoms with van der Waals surface area (Å²) >= 11 is 0. The summed E-state index contributed by atoms with van der Waals surface area (Å²) in [6, 6.07) is 3.03. The predicted molar refractivity (Wildman–Crippen MR) is 56.9 cm³/mol. The zero-order valence-electron chi connectivity index (χ0n) is 8.79. The molecule has 0 amide bonds. The van der Waals surface area contributed by atoms with E-state index in [2.05, 4.69) is 10.1 Å².